The fraction of sp³-hybridized carbons (Fsp3) is 0.462. The lowest BCUT2D eigenvalue weighted by Crippen LogP contribution is -2.47. The Morgan fingerprint density at radius 3 is 3.10 bits per heavy atom. The van der Waals surface area contributed by atoms with Crippen molar-refractivity contribution >= 4 is 29.3 Å². The molecular formula is C13H12ClFN4O2. The van der Waals surface area contributed by atoms with E-state index in [1.165, 1.54) is 5.94 Å². The van der Waals surface area contributed by atoms with Crippen LogP contribution in [0, 0.1) is 11.7 Å². The van der Waals surface area contributed by atoms with Gasteiger partial charge in [-0.2, -0.15) is 4.98 Å². The van der Waals surface area contributed by atoms with Gasteiger partial charge in [-0.15, -0.1) is 0 Å². The first-order chi connectivity index (χ1) is 10.1. The Morgan fingerprint density at radius 2 is 2.38 bits per heavy atom. The van der Waals surface area contributed by atoms with Gasteiger partial charge in [0.1, 0.15) is 5.94 Å². The second-order valence-corrected chi connectivity index (χ2v) is 5.58. The number of nitrogens with zero attached hydrogens (tertiary/aromatic N) is 3. The third-order valence-electron chi connectivity index (χ3n) is 3.98. The van der Waals surface area contributed by atoms with Crippen LogP contribution in [-0.2, 0) is 9.59 Å². The zero-order chi connectivity index (χ0) is 15.0. The highest BCUT2D eigenvalue weighted by molar-refractivity contribution is 6.28. The maximum absolute atomic E-state index is 13.7. The highest BCUT2D eigenvalue weighted by Gasteiger charge is 2.46. The quantitative estimate of drug-likeness (QED) is 0.513. The van der Waals surface area contributed by atoms with E-state index in [0.717, 1.165) is 25.1 Å². The number of halogens is 2. The number of rotatable bonds is 3. The van der Waals surface area contributed by atoms with Crippen molar-refractivity contribution in [1.82, 2.24) is 14.9 Å². The Labute approximate surface area is 125 Å². The zero-order valence-electron chi connectivity index (χ0n) is 10.9. The topological polar surface area (TPSA) is 75.2 Å². The van der Waals surface area contributed by atoms with E-state index in [-0.39, 0.29) is 29.1 Å². The van der Waals surface area contributed by atoms with Crippen LogP contribution in [0.15, 0.2) is 12.3 Å². The predicted molar refractivity (Wildman–Crippen MR) is 72.9 cm³/mol. The summed E-state index contributed by atoms with van der Waals surface area (Å²) in [5.41, 5.74) is 0. The molecule has 1 aliphatic heterocycles. The molecule has 0 radical (unpaired) electrons. The largest absolute Gasteiger partial charge is 0.363 e. The predicted octanol–water partition coefficient (Wildman–Crippen LogP) is 1.06. The third-order valence-corrected chi connectivity index (χ3v) is 4.17. The van der Waals surface area contributed by atoms with Crippen LogP contribution in [0.5, 0.6) is 0 Å². The highest BCUT2D eigenvalue weighted by atomic mass is 35.5. The van der Waals surface area contributed by atoms with Gasteiger partial charge in [0.05, 0.1) is 18.3 Å². The molecule has 1 aliphatic carbocycles. The Bertz CT molecular complexity index is 635. The molecule has 2 heterocycles. The fourth-order valence-corrected chi connectivity index (χ4v) is 3.32. The average molecular weight is 311 g/mol. The van der Waals surface area contributed by atoms with Crippen LogP contribution in [-0.4, -0.2) is 45.3 Å². The zero-order valence-corrected chi connectivity index (χ0v) is 11.7. The molecule has 110 valence electrons. The summed E-state index contributed by atoms with van der Waals surface area (Å²) in [5, 5.41) is 2.95. The lowest BCUT2D eigenvalue weighted by molar-refractivity contribution is -0.127. The van der Waals surface area contributed by atoms with Gasteiger partial charge in [-0.3, -0.25) is 4.79 Å². The van der Waals surface area contributed by atoms with Crippen molar-refractivity contribution in [3.63, 3.8) is 0 Å². The molecule has 1 saturated carbocycles. The minimum Gasteiger partial charge on any atom is -0.363 e. The van der Waals surface area contributed by atoms with E-state index in [0.29, 0.717) is 12.5 Å². The average Bonchev–Trinajstić information content (AvgIpc) is 3.03. The molecule has 6 nitrogen and oxygen atoms in total. The molecule has 2 aliphatic rings. The van der Waals surface area contributed by atoms with Crippen molar-refractivity contribution in [2.75, 3.05) is 11.9 Å². The summed E-state index contributed by atoms with van der Waals surface area (Å²) in [6, 6.07) is -0.201. The monoisotopic (exact) mass is 310 g/mol. The van der Waals surface area contributed by atoms with Crippen LogP contribution in [0.2, 0.25) is 5.28 Å². The van der Waals surface area contributed by atoms with Crippen LogP contribution >= 0.6 is 11.6 Å². The molecule has 0 spiro atoms. The number of anilines is 1. The van der Waals surface area contributed by atoms with E-state index >= 15 is 0 Å². The van der Waals surface area contributed by atoms with Crippen LogP contribution in [0.4, 0.5) is 10.2 Å². The van der Waals surface area contributed by atoms with Gasteiger partial charge in [0.15, 0.2) is 11.6 Å². The number of amides is 1. The first-order valence-electron chi connectivity index (χ1n) is 6.54. The molecule has 2 fully saturated rings. The summed E-state index contributed by atoms with van der Waals surface area (Å²) < 4.78 is 13.7. The molecule has 1 saturated heterocycles. The third kappa shape index (κ3) is 2.62. The van der Waals surface area contributed by atoms with Crippen LogP contribution < -0.4 is 5.32 Å². The second-order valence-electron chi connectivity index (χ2n) is 5.24. The summed E-state index contributed by atoms with van der Waals surface area (Å²) in [7, 11) is 0. The number of likely N-dealkylation sites (tertiary alicyclic amines) is 1. The van der Waals surface area contributed by atoms with Crippen molar-refractivity contribution in [2.24, 2.45) is 5.92 Å². The second kappa shape index (κ2) is 5.42. The molecule has 1 aromatic rings. The molecule has 3 unspecified atom stereocenters. The molecular weight excluding hydrogens is 299 g/mol. The Hall–Kier alpha value is -1.98. The van der Waals surface area contributed by atoms with Gasteiger partial charge in [-0.05, 0) is 30.4 Å². The van der Waals surface area contributed by atoms with Gasteiger partial charge < -0.3 is 10.2 Å². The van der Waals surface area contributed by atoms with Crippen molar-refractivity contribution in [3.8, 4) is 0 Å². The maximum Gasteiger partial charge on any atom is 0.257 e. The molecule has 1 N–H and O–H groups in total. The van der Waals surface area contributed by atoms with Crippen LogP contribution in [0.25, 0.3) is 0 Å². The number of hydrogen-bond donors (Lipinski definition) is 1. The number of carbonyl (C=O) groups is 1. The van der Waals surface area contributed by atoms with E-state index < -0.39 is 5.82 Å². The minimum atomic E-state index is -0.590. The van der Waals surface area contributed by atoms with Crippen molar-refractivity contribution in [2.45, 2.75) is 24.9 Å². The Kier molecular flexibility index (Phi) is 3.61. The number of carbonyl (C=O) groups excluding carboxylic acids is 2. The van der Waals surface area contributed by atoms with Crippen molar-refractivity contribution in [3.05, 3.63) is 23.4 Å². The summed E-state index contributed by atoms with van der Waals surface area (Å²) in [6.45, 7) is 0.618. The van der Waals surface area contributed by atoms with Crippen molar-refractivity contribution in [1.29, 1.82) is 0 Å². The number of fused-ring (bicyclic) bond motifs is 2. The smallest absolute Gasteiger partial charge is 0.257 e. The van der Waals surface area contributed by atoms with Gasteiger partial charge in [0.25, 0.3) is 5.91 Å². The molecule has 8 heteroatoms. The number of hydrogen-bond acceptors (Lipinski definition) is 5. The van der Waals surface area contributed by atoms with Gasteiger partial charge >= 0.3 is 0 Å². The summed E-state index contributed by atoms with van der Waals surface area (Å²) in [5.74, 6) is 0.932. The van der Waals surface area contributed by atoms with Crippen LogP contribution in [0.3, 0.4) is 0 Å². The van der Waals surface area contributed by atoms with Crippen molar-refractivity contribution < 1.29 is 14.0 Å². The lowest BCUT2D eigenvalue weighted by Gasteiger charge is -2.33. The fourth-order valence-electron chi connectivity index (χ4n) is 3.19. The highest BCUT2D eigenvalue weighted by Crippen LogP contribution is 2.39. The number of piperidine rings is 1. The summed E-state index contributed by atoms with van der Waals surface area (Å²) >= 11 is 5.66. The number of aromatic nitrogens is 2. The van der Waals surface area contributed by atoms with E-state index in [1.54, 1.807) is 4.90 Å². The van der Waals surface area contributed by atoms with Gasteiger partial charge in [0, 0.05) is 12.6 Å². The summed E-state index contributed by atoms with van der Waals surface area (Å²) in [6.07, 6.45) is 3.54. The minimum absolute atomic E-state index is 0.0332. The molecule has 1 amide bonds. The SMILES string of the molecule is O=C=CC(=O)N1CC2CC(Nc3nc(Cl)ncc3F)C1C2. The molecule has 21 heavy (non-hydrogen) atoms. The number of nitrogens with one attached hydrogen (secondary N) is 1. The molecule has 3 atom stereocenters. The van der Waals surface area contributed by atoms with Gasteiger partial charge in [-0.1, -0.05) is 0 Å². The lowest BCUT2D eigenvalue weighted by atomic mass is 10.1. The Morgan fingerprint density at radius 1 is 1.57 bits per heavy atom. The van der Waals surface area contributed by atoms with E-state index in [4.69, 9.17) is 11.6 Å². The van der Waals surface area contributed by atoms with Gasteiger partial charge in [0.2, 0.25) is 5.28 Å². The first kappa shape index (κ1) is 14.0. The van der Waals surface area contributed by atoms with Crippen LogP contribution in [0.1, 0.15) is 12.8 Å². The normalized spacial score (nSPS) is 26.6. The Balaban J connectivity index is 1.77. The van der Waals surface area contributed by atoms with E-state index in [1.807, 2.05) is 0 Å². The standard InChI is InChI=1S/C13H12ClFN4O2/c14-13-16-5-8(15)12(18-13)17-9-3-7-4-10(9)19(6-7)11(21)1-2-20/h1,5,7,9-10H,3-4,6H2,(H,16,17,18). The molecule has 3 rings (SSSR count). The summed E-state index contributed by atoms with van der Waals surface area (Å²) in [4.78, 5) is 31.1. The van der Waals surface area contributed by atoms with E-state index in [9.17, 15) is 14.0 Å². The molecule has 2 bridgehead atoms. The van der Waals surface area contributed by atoms with Gasteiger partial charge in [-0.25, -0.2) is 14.2 Å². The first-order valence-corrected chi connectivity index (χ1v) is 6.92. The van der Waals surface area contributed by atoms with E-state index in [2.05, 4.69) is 15.3 Å². The molecule has 0 aromatic carbocycles. The maximum atomic E-state index is 13.7. The molecule has 1 aromatic heterocycles.